The molecule has 0 saturated heterocycles. The smallest absolute Gasteiger partial charge is 0.352 e. The van der Waals surface area contributed by atoms with Gasteiger partial charge in [0.25, 0.3) is 11.6 Å². The van der Waals surface area contributed by atoms with Gasteiger partial charge in [0, 0.05) is 11.6 Å². The van der Waals surface area contributed by atoms with E-state index >= 15 is 0 Å². The normalized spacial score (nSPS) is 10.9. The van der Waals surface area contributed by atoms with Crippen LogP contribution in [0.3, 0.4) is 0 Å². The number of nitrogens with one attached hydrogen (secondary N) is 1. The Morgan fingerprint density at radius 3 is 2.35 bits per heavy atom. The highest BCUT2D eigenvalue weighted by Crippen LogP contribution is 2.32. The highest BCUT2D eigenvalue weighted by atomic mass is 79.9. The third kappa shape index (κ3) is 5.55. The van der Waals surface area contributed by atoms with E-state index in [4.69, 9.17) is 4.74 Å². The fraction of sp³-hybridized carbons (Fsp3) is 0. The van der Waals surface area contributed by atoms with E-state index in [9.17, 15) is 24.8 Å². The minimum absolute atomic E-state index is 0.0414. The summed E-state index contributed by atoms with van der Waals surface area (Å²) in [5, 5.41) is 23.2. The maximum Gasteiger partial charge on any atom is 0.352 e. The molecule has 0 radical (unpaired) electrons. The molecule has 0 bridgehead atoms. The summed E-state index contributed by atoms with van der Waals surface area (Å²) < 4.78 is 6.42. The maximum absolute atomic E-state index is 12.3. The largest absolute Gasteiger partial charge is 0.477 e. The van der Waals surface area contributed by atoms with E-state index in [1.807, 2.05) is 0 Å². The van der Waals surface area contributed by atoms with E-state index in [0.717, 1.165) is 6.08 Å². The molecule has 0 fully saturated rings. The van der Waals surface area contributed by atoms with Crippen LogP contribution in [0, 0.1) is 10.1 Å². The average Bonchev–Trinajstić information content (AvgIpc) is 2.75. The number of hydrogen-bond donors (Lipinski definition) is 2. The number of para-hydroxylation sites is 1. The van der Waals surface area contributed by atoms with Gasteiger partial charge < -0.3 is 15.2 Å². The van der Waals surface area contributed by atoms with Crippen molar-refractivity contribution in [2.24, 2.45) is 0 Å². The predicted octanol–water partition coefficient (Wildman–Crippen LogP) is 5.01. The van der Waals surface area contributed by atoms with Crippen LogP contribution < -0.4 is 10.1 Å². The number of ether oxygens (including phenoxy) is 1. The quantitative estimate of drug-likeness (QED) is 0.277. The zero-order chi connectivity index (χ0) is 22.4. The number of hydrogen-bond acceptors (Lipinski definition) is 5. The van der Waals surface area contributed by atoms with Gasteiger partial charge in [-0.15, -0.1) is 0 Å². The highest BCUT2D eigenvalue weighted by Gasteiger charge is 2.19. The topological polar surface area (TPSA) is 119 Å². The monoisotopic (exact) mass is 482 g/mol. The second-order valence-electron chi connectivity index (χ2n) is 6.19. The molecule has 3 rings (SSSR count). The van der Waals surface area contributed by atoms with Crippen LogP contribution >= 0.6 is 15.9 Å². The fourth-order valence-corrected chi connectivity index (χ4v) is 2.99. The number of halogens is 1. The first-order chi connectivity index (χ1) is 14.8. The Kier molecular flexibility index (Phi) is 6.78. The van der Waals surface area contributed by atoms with Crippen LogP contribution in [-0.4, -0.2) is 21.9 Å². The summed E-state index contributed by atoms with van der Waals surface area (Å²) >= 11 is 3.35. The van der Waals surface area contributed by atoms with Gasteiger partial charge in [-0.2, -0.15) is 0 Å². The first kappa shape index (κ1) is 21.7. The minimum atomic E-state index is -1.45. The number of carbonyl (C=O) groups excluding carboxylic acids is 1. The van der Waals surface area contributed by atoms with Crippen LogP contribution in [0.4, 0.5) is 5.69 Å². The van der Waals surface area contributed by atoms with Crippen molar-refractivity contribution in [1.82, 2.24) is 5.32 Å². The second-order valence-corrected chi connectivity index (χ2v) is 7.05. The lowest BCUT2D eigenvalue weighted by molar-refractivity contribution is -0.385. The summed E-state index contributed by atoms with van der Waals surface area (Å²) in [7, 11) is 0. The van der Waals surface area contributed by atoms with Gasteiger partial charge in [0.1, 0.15) is 17.2 Å². The van der Waals surface area contributed by atoms with Crippen molar-refractivity contribution in [3.63, 3.8) is 0 Å². The van der Waals surface area contributed by atoms with Crippen molar-refractivity contribution < 1.29 is 24.4 Å². The molecule has 9 heteroatoms. The van der Waals surface area contributed by atoms with E-state index in [0.29, 0.717) is 10.2 Å². The summed E-state index contributed by atoms with van der Waals surface area (Å²) in [5.74, 6) is -1.38. The standard InChI is InChI=1S/C22H15BrN2O6/c23-17-8-4-5-9-20(17)31-16-10-11-19(25(29)30)15(12-16)13-18(22(27)28)24-21(26)14-6-2-1-3-7-14/h1-13H,(H,24,26)(H,27,28)/b18-13+. The summed E-state index contributed by atoms with van der Waals surface area (Å²) in [4.78, 5) is 34.8. The molecule has 0 aliphatic carbocycles. The van der Waals surface area contributed by atoms with Crippen molar-refractivity contribution in [3.8, 4) is 11.5 Å². The molecule has 0 heterocycles. The van der Waals surface area contributed by atoms with Crippen molar-refractivity contribution in [2.45, 2.75) is 0 Å². The van der Waals surface area contributed by atoms with Gasteiger partial charge in [-0.25, -0.2) is 4.79 Å². The van der Waals surface area contributed by atoms with Crippen LogP contribution in [0.15, 0.2) is 83.0 Å². The van der Waals surface area contributed by atoms with Crippen molar-refractivity contribution in [1.29, 1.82) is 0 Å². The third-order valence-corrected chi connectivity index (χ3v) is 4.73. The Morgan fingerprint density at radius 2 is 1.71 bits per heavy atom. The molecular formula is C22H15BrN2O6. The van der Waals surface area contributed by atoms with Gasteiger partial charge in [-0.3, -0.25) is 14.9 Å². The number of carboxylic acids is 1. The average molecular weight is 483 g/mol. The number of benzene rings is 3. The Labute approximate surface area is 185 Å². The zero-order valence-corrected chi connectivity index (χ0v) is 17.4. The Hall–Kier alpha value is -3.98. The zero-order valence-electron chi connectivity index (χ0n) is 15.8. The molecule has 31 heavy (non-hydrogen) atoms. The molecule has 3 aromatic carbocycles. The minimum Gasteiger partial charge on any atom is -0.477 e. The number of nitro benzene ring substituents is 1. The van der Waals surface area contributed by atoms with E-state index in [1.165, 1.54) is 30.3 Å². The van der Waals surface area contributed by atoms with Gasteiger partial charge in [-0.1, -0.05) is 30.3 Å². The van der Waals surface area contributed by atoms with Gasteiger partial charge in [0.15, 0.2) is 0 Å². The Bertz CT molecular complexity index is 1180. The molecule has 1 amide bonds. The number of nitrogens with zero attached hydrogens (tertiary/aromatic N) is 1. The van der Waals surface area contributed by atoms with Gasteiger partial charge in [0.2, 0.25) is 0 Å². The molecule has 0 aliphatic heterocycles. The van der Waals surface area contributed by atoms with Crippen LogP contribution in [0.2, 0.25) is 0 Å². The van der Waals surface area contributed by atoms with Crippen LogP contribution in [0.1, 0.15) is 15.9 Å². The molecule has 156 valence electrons. The fourth-order valence-electron chi connectivity index (χ4n) is 2.62. The lowest BCUT2D eigenvalue weighted by Crippen LogP contribution is -2.27. The first-order valence-electron chi connectivity index (χ1n) is 8.87. The molecule has 0 aromatic heterocycles. The lowest BCUT2D eigenvalue weighted by Gasteiger charge is -2.10. The van der Waals surface area contributed by atoms with Crippen LogP contribution in [0.5, 0.6) is 11.5 Å². The van der Waals surface area contributed by atoms with Gasteiger partial charge >= 0.3 is 5.97 Å². The number of carboxylic acid groups (broad SMARTS) is 1. The molecule has 2 N–H and O–H groups in total. The molecule has 0 saturated carbocycles. The van der Waals surface area contributed by atoms with Gasteiger partial charge in [0.05, 0.1) is 15.0 Å². The molecule has 8 nitrogen and oxygen atoms in total. The van der Waals surface area contributed by atoms with E-state index < -0.39 is 22.5 Å². The van der Waals surface area contributed by atoms with E-state index in [-0.39, 0.29) is 22.6 Å². The second kappa shape index (κ2) is 9.68. The summed E-state index contributed by atoms with van der Waals surface area (Å²) in [5.41, 5.74) is -0.655. The number of aliphatic carboxylic acids is 1. The maximum atomic E-state index is 12.3. The summed E-state index contributed by atoms with van der Waals surface area (Å²) in [6.45, 7) is 0. The molecule has 3 aromatic rings. The van der Waals surface area contributed by atoms with Crippen molar-refractivity contribution in [3.05, 3.63) is 104 Å². The predicted molar refractivity (Wildman–Crippen MR) is 117 cm³/mol. The van der Waals surface area contributed by atoms with E-state index in [1.54, 1.807) is 42.5 Å². The van der Waals surface area contributed by atoms with Crippen molar-refractivity contribution >= 4 is 39.6 Å². The number of carbonyl (C=O) groups is 2. The van der Waals surface area contributed by atoms with E-state index in [2.05, 4.69) is 21.2 Å². The summed E-state index contributed by atoms with van der Waals surface area (Å²) in [6, 6.07) is 19.0. The SMILES string of the molecule is O=C(O)/C(=C\c1cc(Oc2ccccc2Br)ccc1[N+](=O)[O-])NC(=O)c1ccccc1. The van der Waals surface area contributed by atoms with Crippen LogP contribution in [0.25, 0.3) is 6.08 Å². The first-order valence-corrected chi connectivity index (χ1v) is 9.66. The van der Waals surface area contributed by atoms with Gasteiger partial charge in [-0.05, 0) is 58.4 Å². The molecule has 0 spiro atoms. The number of rotatable bonds is 7. The molecule has 0 atom stereocenters. The van der Waals surface area contributed by atoms with Crippen LogP contribution in [-0.2, 0) is 4.79 Å². The lowest BCUT2D eigenvalue weighted by atomic mass is 10.1. The molecule has 0 unspecified atom stereocenters. The Balaban J connectivity index is 1.97. The molecule has 0 aliphatic rings. The van der Waals surface area contributed by atoms with Crippen molar-refractivity contribution in [2.75, 3.05) is 0 Å². The molecular weight excluding hydrogens is 468 g/mol. The number of amides is 1. The highest BCUT2D eigenvalue weighted by molar-refractivity contribution is 9.10. The number of nitro groups is 1. The third-order valence-electron chi connectivity index (χ3n) is 4.07. The summed E-state index contributed by atoms with van der Waals surface area (Å²) in [6.07, 6.45) is 1.02. The Morgan fingerprint density at radius 1 is 1.03 bits per heavy atom.